The minimum absolute atomic E-state index is 0.0764. The molecule has 45 heavy (non-hydrogen) atoms. The molecule has 1 spiro atoms. The largest absolute Gasteiger partial charge is 0.467 e. The molecule has 2 aliphatic carbocycles. The first-order valence-corrected chi connectivity index (χ1v) is 16.3. The van der Waals surface area contributed by atoms with Gasteiger partial charge in [-0.2, -0.15) is 0 Å². The average molecular weight is 663 g/mol. The number of fused-ring (bicyclic) bond motifs is 2. The van der Waals surface area contributed by atoms with Crippen molar-refractivity contribution in [2.24, 2.45) is 11.8 Å². The molecule has 6 rings (SSSR count). The quantitative estimate of drug-likeness (QED) is 0.254. The van der Waals surface area contributed by atoms with Crippen molar-refractivity contribution in [3.05, 3.63) is 94.3 Å². The van der Waals surface area contributed by atoms with E-state index in [1.165, 1.54) is 19.2 Å². The van der Waals surface area contributed by atoms with Crippen LogP contribution in [0.2, 0.25) is 5.02 Å². The third-order valence-electron chi connectivity index (χ3n) is 9.32. The summed E-state index contributed by atoms with van der Waals surface area (Å²) in [6.07, 6.45) is 1.10. The second-order valence-corrected chi connectivity index (χ2v) is 14.3. The zero-order valence-corrected chi connectivity index (χ0v) is 25.7. The lowest BCUT2D eigenvalue weighted by atomic mass is 9.71. The summed E-state index contributed by atoms with van der Waals surface area (Å²) in [7, 11) is -2.80. The minimum atomic E-state index is -4.10. The maximum absolute atomic E-state index is 14.3. The first-order chi connectivity index (χ1) is 21.4. The Hall–Kier alpha value is -3.45. The zero-order valence-electron chi connectivity index (χ0n) is 24.1. The monoisotopic (exact) mass is 662 g/mol. The van der Waals surface area contributed by atoms with Gasteiger partial charge in [-0.05, 0) is 61.3 Å². The van der Waals surface area contributed by atoms with Gasteiger partial charge in [0, 0.05) is 29.9 Å². The third-order valence-corrected chi connectivity index (χ3v) is 12.2. The van der Waals surface area contributed by atoms with Crippen molar-refractivity contribution in [2.45, 2.75) is 54.0 Å². The molecule has 1 heterocycles. The predicted molar refractivity (Wildman–Crippen MR) is 159 cm³/mol. The Kier molecular flexibility index (Phi) is 8.44. The summed E-state index contributed by atoms with van der Waals surface area (Å²) in [5.74, 6) is -6.69. The van der Waals surface area contributed by atoms with Crippen LogP contribution >= 0.6 is 11.6 Å². The van der Waals surface area contributed by atoms with Crippen molar-refractivity contribution in [3.63, 3.8) is 0 Å². The van der Waals surface area contributed by atoms with Gasteiger partial charge in [-0.1, -0.05) is 41.9 Å². The fourth-order valence-corrected chi connectivity index (χ4v) is 10.2. The molecule has 3 aromatic rings. The molecule has 8 nitrogen and oxygen atoms in total. The molecule has 2 saturated carbocycles. The van der Waals surface area contributed by atoms with Crippen molar-refractivity contribution < 1.29 is 40.7 Å². The highest BCUT2D eigenvalue weighted by atomic mass is 35.5. The Labute approximate surface area is 263 Å². The molecule has 0 radical (unpaired) electrons. The van der Waals surface area contributed by atoms with E-state index in [-0.39, 0.29) is 39.7 Å². The molecule has 1 aliphatic heterocycles. The van der Waals surface area contributed by atoms with Gasteiger partial charge >= 0.3 is 5.97 Å². The molecular weight excluding hydrogens is 633 g/mol. The molecule has 3 unspecified atom stereocenters. The number of rotatable bonds is 7. The van der Waals surface area contributed by atoms with Crippen molar-refractivity contribution in [1.29, 1.82) is 0 Å². The normalized spacial score (nSPS) is 26.2. The Balaban J connectivity index is 1.29. The van der Waals surface area contributed by atoms with Gasteiger partial charge in [0.25, 0.3) is 5.91 Å². The van der Waals surface area contributed by atoms with E-state index in [0.717, 1.165) is 11.6 Å². The highest BCUT2D eigenvalue weighted by Crippen LogP contribution is 2.56. The van der Waals surface area contributed by atoms with Crippen LogP contribution in [0, 0.1) is 29.3 Å². The van der Waals surface area contributed by atoms with Gasteiger partial charge in [0.15, 0.2) is 33.4 Å². The van der Waals surface area contributed by atoms with E-state index in [2.05, 4.69) is 10.2 Å². The molecule has 1 amide bonds. The number of carbonyl (C=O) groups is 2. The smallest absolute Gasteiger partial charge is 0.337 e. The maximum Gasteiger partial charge on any atom is 0.337 e. The number of hydrogen-bond donors (Lipinski definition) is 1. The Morgan fingerprint density at radius 1 is 1.02 bits per heavy atom. The number of amides is 1. The molecule has 3 fully saturated rings. The molecule has 1 saturated heterocycles. The number of nitrogens with zero attached hydrogens (tertiary/aromatic N) is 1. The van der Waals surface area contributed by atoms with E-state index in [0.29, 0.717) is 44.4 Å². The van der Waals surface area contributed by atoms with Crippen LogP contribution in [-0.4, -0.2) is 55.9 Å². The van der Waals surface area contributed by atoms with Crippen LogP contribution in [-0.2, 0) is 30.7 Å². The standard InChI is InChI=1S/C32H30ClF3N2O6S/c1-43-31(40)29-32(38(17-44-29)16-18-5-3-2-4-6-18)14-20-7-8-21(15-32)28(20)45(41,42)26-11-19(9-10-23(26)33)30(39)37-22-12-24(34)27(36)25(35)13-22/h2-6,9-13,20-21,28-29H,7-8,14-17H2,1H3,(H,37,39)/t20?,21?,28-,29?,32-. The van der Waals surface area contributed by atoms with E-state index in [1.54, 1.807) is 0 Å². The summed E-state index contributed by atoms with van der Waals surface area (Å²) in [6, 6.07) is 14.7. The topological polar surface area (TPSA) is 102 Å². The number of ether oxygens (including phenoxy) is 2. The third kappa shape index (κ3) is 5.62. The lowest BCUT2D eigenvalue weighted by Gasteiger charge is -2.47. The lowest BCUT2D eigenvalue weighted by Crippen LogP contribution is -2.59. The average Bonchev–Trinajstić information content (AvgIpc) is 3.49. The number of methoxy groups -OCH3 is 1. The SMILES string of the molecule is COC(=O)C1OCN(Cc2ccccc2)[C@]12CC1CCC(C2)[C@H]1S(=O)(=O)c1cc(C(=O)Nc2cc(F)c(F)c(F)c2)ccc1Cl. The van der Waals surface area contributed by atoms with Gasteiger partial charge in [0.2, 0.25) is 0 Å². The van der Waals surface area contributed by atoms with Crippen LogP contribution in [0.15, 0.2) is 65.6 Å². The number of benzene rings is 3. The minimum Gasteiger partial charge on any atom is -0.467 e. The summed E-state index contributed by atoms with van der Waals surface area (Å²) in [6.45, 7) is 0.701. The van der Waals surface area contributed by atoms with Gasteiger partial charge < -0.3 is 14.8 Å². The van der Waals surface area contributed by atoms with E-state index in [1.807, 2.05) is 30.3 Å². The molecule has 3 atom stereocenters. The van der Waals surface area contributed by atoms with Crippen LogP contribution in [0.1, 0.15) is 41.6 Å². The number of anilines is 1. The Morgan fingerprint density at radius 2 is 1.67 bits per heavy atom. The van der Waals surface area contributed by atoms with E-state index < -0.39 is 56.1 Å². The van der Waals surface area contributed by atoms with Gasteiger partial charge in [-0.3, -0.25) is 9.69 Å². The highest BCUT2D eigenvalue weighted by molar-refractivity contribution is 7.92. The number of nitrogens with one attached hydrogen (secondary N) is 1. The molecule has 3 aliphatic rings. The Morgan fingerprint density at radius 3 is 2.29 bits per heavy atom. The summed E-state index contributed by atoms with van der Waals surface area (Å²) < 4.78 is 80.4. The second-order valence-electron chi connectivity index (χ2n) is 11.9. The van der Waals surface area contributed by atoms with Crippen molar-refractivity contribution in [2.75, 3.05) is 19.2 Å². The first kappa shape index (κ1) is 31.5. The number of halogens is 4. The van der Waals surface area contributed by atoms with Crippen LogP contribution in [0.25, 0.3) is 0 Å². The van der Waals surface area contributed by atoms with E-state index in [4.69, 9.17) is 21.1 Å². The van der Waals surface area contributed by atoms with Crippen LogP contribution in [0.3, 0.4) is 0 Å². The van der Waals surface area contributed by atoms with Crippen molar-refractivity contribution in [3.8, 4) is 0 Å². The summed E-state index contributed by atoms with van der Waals surface area (Å²) in [4.78, 5) is 27.8. The van der Waals surface area contributed by atoms with Gasteiger partial charge in [0.05, 0.1) is 27.8 Å². The molecule has 238 valence electrons. The summed E-state index contributed by atoms with van der Waals surface area (Å²) in [5.41, 5.74) is -0.204. The molecule has 0 aromatic heterocycles. The fourth-order valence-electron chi connectivity index (χ4n) is 7.40. The molecular formula is C32H30ClF3N2O6S. The number of esters is 1. The first-order valence-electron chi connectivity index (χ1n) is 14.4. The second kappa shape index (κ2) is 12.1. The van der Waals surface area contributed by atoms with Crippen molar-refractivity contribution in [1.82, 2.24) is 4.90 Å². The molecule has 2 bridgehead atoms. The predicted octanol–water partition coefficient (Wildman–Crippen LogP) is 5.74. The Bertz CT molecular complexity index is 1720. The van der Waals surface area contributed by atoms with Gasteiger partial charge in [-0.15, -0.1) is 0 Å². The number of hydrogen-bond acceptors (Lipinski definition) is 7. The van der Waals surface area contributed by atoms with Gasteiger partial charge in [-0.25, -0.2) is 26.4 Å². The molecule has 3 aromatic carbocycles. The maximum atomic E-state index is 14.3. The number of carbonyl (C=O) groups excluding carboxylic acids is 2. The van der Waals surface area contributed by atoms with E-state index in [9.17, 15) is 31.2 Å². The number of sulfone groups is 1. The van der Waals surface area contributed by atoms with Crippen LogP contribution < -0.4 is 5.32 Å². The van der Waals surface area contributed by atoms with E-state index >= 15 is 0 Å². The molecule has 13 heteroatoms. The lowest BCUT2D eigenvalue weighted by molar-refractivity contribution is -0.155. The highest BCUT2D eigenvalue weighted by Gasteiger charge is 2.63. The summed E-state index contributed by atoms with van der Waals surface area (Å²) >= 11 is 6.42. The van der Waals surface area contributed by atoms with Crippen LogP contribution in [0.4, 0.5) is 18.9 Å². The van der Waals surface area contributed by atoms with Gasteiger partial charge in [0.1, 0.15) is 6.73 Å². The van der Waals surface area contributed by atoms with Crippen LogP contribution in [0.5, 0.6) is 0 Å². The zero-order chi connectivity index (χ0) is 32.1. The van der Waals surface area contributed by atoms with Crippen molar-refractivity contribution >= 4 is 39.0 Å². The summed E-state index contributed by atoms with van der Waals surface area (Å²) in [5, 5.41) is 1.37. The molecule has 1 N–H and O–H groups in total. The fraction of sp³-hybridized carbons (Fsp3) is 0.375.